The van der Waals surface area contributed by atoms with Gasteiger partial charge < -0.3 is 4.52 Å². The van der Waals surface area contributed by atoms with Crippen molar-refractivity contribution < 1.29 is 12.9 Å². The molecular weight excluding hydrogens is 386 g/mol. The van der Waals surface area contributed by atoms with E-state index in [1.807, 2.05) is 57.2 Å². The summed E-state index contributed by atoms with van der Waals surface area (Å²) in [7, 11) is -3.49. The molecule has 0 spiro atoms. The van der Waals surface area contributed by atoms with E-state index < -0.39 is 10.0 Å². The number of aryl methyl sites for hydroxylation is 3. The van der Waals surface area contributed by atoms with Crippen LogP contribution in [0.4, 0.5) is 0 Å². The third kappa shape index (κ3) is 3.97. The molecule has 1 aliphatic rings. The lowest BCUT2D eigenvalue weighted by atomic mass is 9.97. The number of aromatic nitrogens is 2. The van der Waals surface area contributed by atoms with Crippen molar-refractivity contribution in [3.8, 4) is 11.5 Å². The molecule has 1 aliphatic heterocycles. The van der Waals surface area contributed by atoms with E-state index in [1.54, 1.807) is 10.4 Å². The Hall–Kier alpha value is -2.51. The van der Waals surface area contributed by atoms with Gasteiger partial charge in [0, 0.05) is 24.6 Å². The molecule has 4 rings (SSSR count). The maximum Gasteiger partial charge on any atom is 0.257 e. The van der Waals surface area contributed by atoms with Crippen LogP contribution >= 0.6 is 0 Å². The molecule has 0 bridgehead atoms. The number of rotatable bonds is 4. The summed E-state index contributed by atoms with van der Waals surface area (Å²) < 4.78 is 33.2. The molecule has 29 heavy (non-hydrogen) atoms. The number of hydrogen-bond acceptors (Lipinski definition) is 5. The Balaban J connectivity index is 1.47. The molecular formula is C22H25N3O3S. The van der Waals surface area contributed by atoms with E-state index in [2.05, 4.69) is 10.1 Å². The summed E-state index contributed by atoms with van der Waals surface area (Å²) >= 11 is 0. The highest BCUT2D eigenvalue weighted by atomic mass is 32.2. The first-order valence-corrected chi connectivity index (χ1v) is 11.3. The van der Waals surface area contributed by atoms with Gasteiger partial charge in [0.05, 0.1) is 4.90 Å². The van der Waals surface area contributed by atoms with Gasteiger partial charge in [-0.25, -0.2) is 8.42 Å². The first kappa shape index (κ1) is 19.8. The predicted octanol–water partition coefficient (Wildman–Crippen LogP) is 4.23. The highest BCUT2D eigenvalue weighted by Gasteiger charge is 2.32. The second-order valence-electron chi connectivity index (χ2n) is 7.77. The van der Waals surface area contributed by atoms with Crippen molar-refractivity contribution >= 4 is 10.0 Å². The number of hydrogen-bond donors (Lipinski definition) is 0. The normalized spacial score (nSPS) is 16.2. The summed E-state index contributed by atoms with van der Waals surface area (Å²) in [4.78, 5) is 4.96. The summed E-state index contributed by atoms with van der Waals surface area (Å²) in [6.07, 6.45) is 1.36. The zero-order valence-corrected chi connectivity index (χ0v) is 17.7. The maximum absolute atomic E-state index is 13.1. The summed E-state index contributed by atoms with van der Waals surface area (Å²) in [6.45, 7) is 6.68. The Labute approximate surface area is 171 Å². The largest absolute Gasteiger partial charge is 0.334 e. The van der Waals surface area contributed by atoms with E-state index in [9.17, 15) is 8.42 Å². The molecule has 1 saturated heterocycles. The van der Waals surface area contributed by atoms with Crippen molar-refractivity contribution in [2.24, 2.45) is 0 Å². The molecule has 0 unspecified atom stereocenters. The van der Waals surface area contributed by atoms with Gasteiger partial charge in [0.2, 0.25) is 10.0 Å². The minimum absolute atomic E-state index is 0.100. The van der Waals surface area contributed by atoms with Crippen molar-refractivity contribution in [2.45, 2.75) is 44.4 Å². The van der Waals surface area contributed by atoms with Gasteiger partial charge in [-0.3, -0.25) is 0 Å². The highest BCUT2D eigenvalue weighted by Crippen LogP contribution is 2.31. The lowest BCUT2D eigenvalue weighted by Gasteiger charge is -2.30. The Kier molecular flexibility index (Phi) is 5.27. The van der Waals surface area contributed by atoms with Gasteiger partial charge in [-0.05, 0) is 62.9 Å². The number of piperidine rings is 1. The van der Waals surface area contributed by atoms with E-state index >= 15 is 0 Å². The summed E-state index contributed by atoms with van der Waals surface area (Å²) in [5, 5.41) is 4.16. The van der Waals surface area contributed by atoms with Gasteiger partial charge in [-0.2, -0.15) is 9.29 Å². The van der Waals surface area contributed by atoms with Gasteiger partial charge >= 0.3 is 0 Å². The van der Waals surface area contributed by atoms with Crippen LogP contribution in [-0.2, 0) is 10.0 Å². The zero-order chi connectivity index (χ0) is 20.6. The minimum Gasteiger partial charge on any atom is -0.334 e. The van der Waals surface area contributed by atoms with Crippen molar-refractivity contribution in [1.82, 2.24) is 14.4 Å². The third-order valence-electron chi connectivity index (χ3n) is 5.52. The minimum atomic E-state index is -3.49. The standard InChI is InChI=1S/C22H25N3O3S/c1-15-5-8-19(9-6-15)22-23-21(24-28-22)18-10-12-25(13-11-18)29(26,27)20-14-16(2)4-7-17(20)3/h4-9,14,18H,10-13H2,1-3H3. The molecule has 0 saturated carbocycles. The molecule has 0 atom stereocenters. The molecule has 152 valence electrons. The Morgan fingerprint density at radius 1 is 0.966 bits per heavy atom. The van der Waals surface area contributed by atoms with E-state index in [0.717, 1.165) is 16.7 Å². The van der Waals surface area contributed by atoms with Crippen LogP contribution in [0.1, 0.15) is 41.3 Å². The van der Waals surface area contributed by atoms with Crippen LogP contribution in [0, 0.1) is 20.8 Å². The molecule has 1 aromatic heterocycles. The van der Waals surface area contributed by atoms with Crippen LogP contribution in [0.3, 0.4) is 0 Å². The van der Waals surface area contributed by atoms with Gasteiger partial charge in [0.15, 0.2) is 5.82 Å². The van der Waals surface area contributed by atoms with Gasteiger partial charge in [-0.1, -0.05) is 35.0 Å². The van der Waals surface area contributed by atoms with Crippen molar-refractivity contribution in [1.29, 1.82) is 0 Å². The zero-order valence-electron chi connectivity index (χ0n) is 16.9. The Morgan fingerprint density at radius 2 is 1.62 bits per heavy atom. The Bertz CT molecular complexity index is 1110. The molecule has 0 N–H and O–H groups in total. The van der Waals surface area contributed by atoms with Crippen LogP contribution in [0.2, 0.25) is 0 Å². The van der Waals surface area contributed by atoms with Crippen LogP contribution in [0.15, 0.2) is 51.9 Å². The van der Waals surface area contributed by atoms with Crippen LogP contribution in [0.5, 0.6) is 0 Å². The lowest BCUT2D eigenvalue weighted by molar-refractivity contribution is 0.307. The average Bonchev–Trinajstić information content (AvgIpc) is 3.20. The van der Waals surface area contributed by atoms with Gasteiger partial charge in [0.25, 0.3) is 5.89 Å². The molecule has 7 heteroatoms. The first-order valence-electron chi connectivity index (χ1n) is 9.82. The van der Waals surface area contributed by atoms with Gasteiger partial charge in [-0.15, -0.1) is 0 Å². The smallest absolute Gasteiger partial charge is 0.257 e. The van der Waals surface area contributed by atoms with Crippen LogP contribution < -0.4 is 0 Å². The number of benzene rings is 2. The number of sulfonamides is 1. The lowest BCUT2D eigenvalue weighted by Crippen LogP contribution is -2.38. The highest BCUT2D eigenvalue weighted by molar-refractivity contribution is 7.89. The summed E-state index contributed by atoms with van der Waals surface area (Å²) in [5.41, 5.74) is 3.79. The maximum atomic E-state index is 13.1. The van der Waals surface area contributed by atoms with Gasteiger partial charge in [0.1, 0.15) is 0 Å². The van der Waals surface area contributed by atoms with Crippen molar-refractivity contribution in [2.75, 3.05) is 13.1 Å². The molecule has 0 aliphatic carbocycles. The number of nitrogens with zero attached hydrogens (tertiary/aromatic N) is 3. The fourth-order valence-corrected chi connectivity index (χ4v) is 5.47. The second kappa shape index (κ2) is 7.72. The van der Waals surface area contributed by atoms with Crippen LogP contribution in [0.25, 0.3) is 11.5 Å². The molecule has 0 radical (unpaired) electrons. The molecule has 2 aromatic carbocycles. The first-order chi connectivity index (χ1) is 13.8. The van der Waals surface area contributed by atoms with E-state index in [0.29, 0.717) is 42.5 Å². The van der Waals surface area contributed by atoms with Crippen LogP contribution in [-0.4, -0.2) is 36.0 Å². The Morgan fingerprint density at radius 3 is 2.31 bits per heavy atom. The molecule has 3 aromatic rings. The summed E-state index contributed by atoms with van der Waals surface area (Å²) in [6, 6.07) is 13.5. The van der Waals surface area contributed by atoms with E-state index in [-0.39, 0.29) is 5.92 Å². The fraction of sp³-hybridized carbons (Fsp3) is 0.364. The van der Waals surface area contributed by atoms with E-state index in [4.69, 9.17) is 4.52 Å². The fourth-order valence-electron chi connectivity index (χ4n) is 3.69. The third-order valence-corrected chi connectivity index (χ3v) is 7.56. The van der Waals surface area contributed by atoms with E-state index in [1.165, 1.54) is 5.56 Å². The average molecular weight is 412 g/mol. The van der Waals surface area contributed by atoms with Crippen molar-refractivity contribution in [3.63, 3.8) is 0 Å². The molecule has 0 amide bonds. The van der Waals surface area contributed by atoms with Crippen molar-refractivity contribution in [3.05, 3.63) is 65.0 Å². The topological polar surface area (TPSA) is 76.3 Å². The molecule has 6 nitrogen and oxygen atoms in total. The SMILES string of the molecule is Cc1ccc(-c2nc(C3CCN(S(=O)(=O)c4cc(C)ccc4C)CC3)no2)cc1. The monoisotopic (exact) mass is 411 g/mol. The molecule has 2 heterocycles. The predicted molar refractivity (Wildman–Crippen MR) is 111 cm³/mol. The molecule has 1 fully saturated rings. The quantitative estimate of drug-likeness (QED) is 0.642. The summed E-state index contributed by atoms with van der Waals surface area (Å²) in [5.74, 6) is 1.26. The second-order valence-corrected chi connectivity index (χ2v) is 9.68.